The molecule has 156 valence electrons. The summed E-state index contributed by atoms with van der Waals surface area (Å²) in [4.78, 5) is 26.1. The summed E-state index contributed by atoms with van der Waals surface area (Å²) >= 11 is 1.08. The van der Waals surface area contributed by atoms with Crippen molar-refractivity contribution >= 4 is 33.1 Å². The first-order valence-corrected chi connectivity index (χ1v) is 9.55. The van der Waals surface area contributed by atoms with E-state index in [9.17, 15) is 28.0 Å². The fourth-order valence-corrected chi connectivity index (χ4v) is 3.88. The quantitative estimate of drug-likeness (QED) is 0.521. The average Bonchev–Trinajstić information content (AvgIpc) is 3.38. The van der Waals surface area contributed by atoms with Crippen molar-refractivity contribution in [2.45, 2.75) is 12.7 Å². The zero-order valence-corrected chi connectivity index (χ0v) is 16.2. The summed E-state index contributed by atoms with van der Waals surface area (Å²) in [5.41, 5.74) is -0.674. The molecule has 0 aliphatic carbocycles. The minimum atomic E-state index is -4.53. The van der Waals surface area contributed by atoms with Crippen LogP contribution in [-0.4, -0.2) is 25.5 Å². The van der Waals surface area contributed by atoms with Crippen molar-refractivity contribution in [2.75, 3.05) is 5.32 Å². The first kappa shape index (κ1) is 20.3. The van der Waals surface area contributed by atoms with E-state index in [1.165, 1.54) is 28.6 Å². The Balaban J connectivity index is 1.66. The molecule has 1 aromatic carbocycles. The van der Waals surface area contributed by atoms with Crippen LogP contribution in [0, 0.1) is 11.3 Å². The van der Waals surface area contributed by atoms with E-state index in [1.54, 1.807) is 0 Å². The highest BCUT2D eigenvalue weighted by Crippen LogP contribution is 2.32. The molecule has 0 aliphatic rings. The smallest absolute Gasteiger partial charge is 0.314 e. The molecule has 3 aromatic heterocycles. The zero-order valence-electron chi connectivity index (χ0n) is 15.4. The van der Waals surface area contributed by atoms with Crippen molar-refractivity contribution in [3.05, 3.63) is 69.6 Å². The Morgan fingerprint density at radius 2 is 1.94 bits per heavy atom. The van der Waals surface area contributed by atoms with Crippen LogP contribution in [0.1, 0.15) is 11.1 Å². The van der Waals surface area contributed by atoms with E-state index in [0.717, 1.165) is 40.2 Å². The summed E-state index contributed by atoms with van der Waals surface area (Å²) in [6.07, 6.45) is -1.70. The molecule has 1 amide bonds. The van der Waals surface area contributed by atoms with Crippen molar-refractivity contribution in [2.24, 2.45) is 0 Å². The normalized spacial score (nSPS) is 11.4. The van der Waals surface area contributed by atoms with E-state index in [4.69, 9.17) is 0 Å². The van der Waals surface area contributed by atoms with Crippen LogP contribution in [0.2, 0.25) is 0 Å². The molecule has 0 spiro atoms. The SMILES string of the molecule is N#Cc1csc(NC(=O)Cn2c(=O)ccc3cc(C(F)(F)F)ccc32)c1-n1nccn1. The van der Waals surface area contributed by atoms with Gasteiger partial charge in [0.25, 0.3) is 5.56 Å². The van der Waals surface area contributed by atoms with E-state index in [-0.39, 0.29) is 22.2 Å². The number of nitriles is 1. The third kappa shape index (κ3) is 3.90. The van der Waals surface area contributed by atoms with Crippen LogP contribution in [0.5, 0.6) is 0 Å². The predicted molar refractivity (Wildman–Crippen MR) is 106 cm³/mol. The van der Waals surface area contributed by atoms with Gasteiger partial charge in [-0.05, 0) is 29.7 Å². The fraction of sp³-hybridized carbons (Fsp3) is 0.105. The van der Waals surface area contributed by atoms with Gasteiger partial charge in [-0.1, -0.05) is 0 Å². The average molecular weight is 444 g/mol. The van der Waals surface area contributed by atoms with E-state index in [0.29, 0.717) is 5.00 Å². The molecule has 0 saturated carbocycles. The van der Waals surface area contributed by atoms with Crippen molar-refractivity contribution in [3.8, 4) is 11.8 Å². The topological polar surface area (TPSA) is 106 Å². The minimum Gasteiger partial charge on any atom is -0.314 e. The number of carbonyl (C=O) groups excluding carboxylic acids is 1. The molecule has 0 radical (unpaired) electrons. The zero-order chi connectivity index (χ0) is 22.2. The van der Waals surface area contributed by atoms with Gasteiger partial charge in [-0.2, -0.15) is 28.6 Å². The largest absolute Gasteiger partial charge is 0.416 e. The molecule has 4 aromatic rings. The summed E-state index contributed by atoms with van der Waals surface area (Å²) in [5.74, 6) is -0.603. The lowest BCUT2D eigenvalue weighted by Gasteiger charge is -2.13. The number of fused-ring (bicyclic) bond motifs is 1. The third-order valence-electron chi connectivity index (χ3n) is 4.38. The Hall–Kier alpha value is -3.98. The number of halogens is 3. The second kappa shape index (κ2) is 7.69. The number of benzene rings is 1. The summed E-state index contributed by atoms with van der Waals surface area (Å²) in [7, 11) is 0. The second-order valence-electron chi connectivity index (χ2n) is 6.33. The van der Waals surface area contributed by atoms with E-state index in [2.05, 4.69) is 15.5 Å². The van der Waals surface area contributed by atoms with Crippen LogP contribution < -0.4 is 10.9 Å². The number of carbonyl (C=O) groups is 1. The van der Waals surface area contributed by atoms with Crippen LogP contribution >= 0.6 is 11.3 Å². The first-order valence-electron chi connectivity index (χ1n) is 8.67. The second-order valence-corrected chi connectivity index (χ2v) is 7.21. The monoisotopic (exact) mass is 444 g/mol. The number of nitrogens with zero attached hydrogens (tertiary/aromatic N) is 5. The molecule has 1 N–H and O–H groups in total. The van der Waals surface area contributed by atoms with Crippen molar-refractivity contribution in [1.29, 1.82) is 5.26 Å². The molecular weight excluding hydrogens is 433 g/mol. The van der Waals surface area contributed by atoms with E-state index < -0.39 is 29.8 Å². The molecule has 0 bridgehead atoms. The van der Waals surface area contributed by atoms with Crippen molar-refractivity contribution < 1.29 is 18.0 Å². The Bertz CT molecular complexity index is 1380. The molecule has 12 heteroatoms. The maximum Gasteiger partial charge on any atom is 0.416 e. The number of rotatable bonds is 4. The van der Waals surface area contributed by atoms with Gasteiger partial charge in [0.2, 0.25) is 5.91 Å². The molecule has 0 aliphatic heterocycles. The van der Waals surface area contributed by atoms with Crippen LogP contribution in [0.4, 0.5) is 18.2 Å². The maximum atomic E-state index is 13.0. The van der Waals surface area contributed by atoms with Gasteiger partial charge >= 0.3 is 6.18 Å². The molecule has 3 heterocycles. The van der Waals surface area contributed by atoms with Crippen LogP contribution in [0.15, 0.2) is 52.9 Å². The van der Waals surface area contributed by atoms with Crippen LogP contribution in [0.25, 0.3) is 16.6 Å². The predicted octanol–water partition coefficient (Wildman–Crippen LogP) is 3.17. The first-order chi connectivity index (χ1) is 14.8. The van der Waals surface area contributed by atoms with Crippen molar-refractivity contribution in [1.82, 2.24) is 19.6 Å². The maximum absolute atomic E-state index is 13.0. The van der Waals surface area contributed by atoms with Gasteiger partial charge in [-0.25, -0.2) is 0 Å². The lowest BCUT2D eigenvalue weighted by molar-refractivity contribution is -0.137. The van der Waals surface area contributed by atoms with Gasteiger partial charge in [-0.3, -0.25) is 14.2 Å². The molecule has 31 heavy (non-hydrogen) atoms. The number of amides is 1. The lowest BCUT2D eigenvalue weighted by Crippen LogP contribution is -2.27. The third-order valence-corrected chi connectivity index (χ3v) is 5.26. The highest BCUT2D eigenvalue weighted by molar-refractivity contribution is 7.15. The standard InChI is InChI=1S/C19H11F3N6O2S/c20-19(21,22)13-2-3-14-11(7-13)1-4-16(30)27(14)9-15(29)26-18-17(12(8-23)10-31-18)28-24-5-6-25-28/h1-7,10H,9H2,(H,26,29). The number of pyridine rings is 1. The van der Waals surface area contributed by atoms with E-state index in [1.807, 2.05) is 6.07 Å². The molecular formula is C19H11F3N6O2S. The van der Waals surface area contributed by atoms with Crippen LogP contribution in [0.3, 0.4) is 0 Å². The molecule has 0 unspecified atom stereocenters. The van der Waals surface area contributed by atoms with Crippen molar-refractivity contribution in [3.63, 3.8) is 0 Å². The van der Waals surface area contributed by atoms with Crippen LogP contribution in [-0.2, 0) is 17.5 Å². The molecule has 0 atom stereocenters. The fourth-order valence-electron chi connectivity index (χ4n) is 3.00. The molecule has 4 rings (SSSR count). The number of hydrogen-bond acceptors (Lipinski definition) is 6. The van der Waals surface area contributed by atoms with Gasteiger partial charge in [0.15, 0.2) is 0 Å². The summed E-state index contributed by atoms with van der Waals surface area (Å²) in [6.45, 7) is -0.437. The number of anilines is 1. The summed E-state index contributed by atoms with van der Waals surface area (Å²) < 4.78 is 40.0. The highest BCUT2D eigenvalue weighted by atomic mass is 32.1. The highest BCUT2D eigenvalue weighted by Gasteiger charge is 2.30. The van der Waals surface area contributed by atoms with Gasteiger partial charge in [0.1, 0.15) is 23.3 Å². The number of alkyl halides is 3. The summed E-state index contributed by atoms with van der Waals surface area (Å²) in [5, 5.41) is 21.8. The Kier molecular flexibility index (Phi) is 5.04. The molecule has 0 saturated heterocycles. The van der Waals surface area contributed by atoms with Gasteiger partial charge in [0, 0.05) is 11.4 Å². The number of nitrogens with one attached hydrogen (secondary N) is 1. The minimum absolute atomic E-state index is 0.173. The molecule has 0 fully saturated rings. The van der Waals surface area contributed by atoms with Gasteiger partial charge < -0.3 is 5.32 Å². The number of hydrogen-bond donors (Lipinski definition) is 1. The van der Waals surface area contributed by atoms with Gasteiger partial charge in [0.05, 0.1) is 29.0 Å². The van der Waals surface area contributed by atoms with E-state index >= 15 is 0 Å². The Morgan fingerprint density at radius 3 is 2.61 bits per heavy atom. The van der Waals surface area contributed by atoms with Gasteiger partial charge in [-0.15, -0.1) is 16.1 Å². The summed E-state index contributed by atoms with van der Waals surface area (Å²) in [6, 6.07) is 7.31. The number of thiophene rings is 1. The molecule has 8 nitrogen and oxygen atoms in total. The lowest BCUT2D eigenvalue weighted by atomic mass is 10.1. The Morgan fingerprint density at radius 1 is 1.19 bits per heavy atom. The number of aromatic nitrogens is 4. The Labute approximate surface area is 175 Å².